The number of nitrogens with zero attached hydrogens (tertiary/aromatic N) is 1. The van der Waals surface area contributed by atoms with E-state index in [9.17, 15) is 0 Å². The molecule has 0 bridgehead atoms. The first-order chi connectivity index (χ1) is 7.81. The summed E-state index contributed by atoms with van der Waals surface area (Å²) in [6.45, 7) is 2.78. The van der Waals surface area contributed by atoms with Crippen molar-refractivity contribution in [2.24, 2.45) is 11.1 Å². The number of hydrogen-bond donors (Lipinski definition) is 2. The lowest BCUT2D eigenvalue weighted by Crippen LogP contribution is -2.36. The van der Waals surface area contributed by atoms with Crippen LogP contribution in [0.4, 0.5) is 0 Å². The van der Waals surface area contributed by atoms with Crippen LogP contribution >= 0.6 is 0 Å². The highest BCUT2D eigenvalue weighted by molar-refractivity contribution is 5.84. The molecule has 1 fully saturated rings. The van der Waals surface area contributed by atoms with Crippen molar-refractivity contribution in [1.82, 2.24) is 5.32 Å². The summed E-state index contributed by atoms with van der Waals surface area (Å²) in [4.78, 5) is 0. The number of piperidine rings is 1. The summed E-state index contributed by atoms with van der Waals surface area (Å²) in [7, 11) is 0. The van der Waals surface area contributed by atoms with Gasteiger partial charge in [-0.05, 0) is 25.3 Å². The molecule has 1 aliphatic heterocycles. The Morgan fingerprint density at radius 2 is 2.06 bits per heavy atom. The average molecular weight is 218 g/mol. The second kappa shape index (κ2) is 5.12. The molecule has 0 aromatic heterocycles. The average Bonchev–Trinajstić information content (AvgIpc) is 2.39. The second-order valence-electron chi connectivity index (χ2n) is 4.39. The third-order valence-corrected chi connectivity index (χ3v) is 3.36. The lowest BCUT2D eigenvalue weighted by Gasteiger charge is -2.29. The van der Waals surface area contributed by atoms with Gasteiger partial charge in [0.25, 0.3) is 0 Å². The third kappa shape index (κ3) is 2.42. The molecule has 3 nitrogen and oxygen atoms in total. The highest BCUT2D eigenvalue weighted by atomic mass is 16.4. The molecule has 3 heteroatoms. The summed E-state index contributed by atoms with van der Waals surface area (Å²) >= 11 is 0. The Labute approximate surface area is 96.2 Å². The summed E-state index contributed by atoms with van der Waals surface area (Å²) < 4.78 is 0. The van der Waals surface area contributed by atoms with E-state index in [0.29, 0.717) is 12.0 Å². The molecule has 1 aliphatic rings. The minimum atomic E-state index is 0.380. The molecule has 1 aromatic carbocycles. The molecule has 2 rings (SSSR count). The van der Waals surface area contributed by atoms with Crippen LogP contribution in [0.15, 0.2) is 35.5 Å². The van der Waals surface area contributed by atoms with Crippen molar-refractivity contribution in [3.05, 3.63) is 35.9 Å². The van der Waals surface area contributed by atoms with Gasteiger partial charge in [0.05, 0.1) is 5.71 Å². The maximum atomic E-state index is 8.73. The van der Waals surface area contributed by atoms with E-state index in [1.807, 2.05) is 13.0 Å². The van der Waals surface area contributed by atoms with Crippen LogP contribution in [0, 0.1) is 5.92 Å². The summed E-state index contributed by atoms with van der Waals surface area (Å²) in [6.07, 6.45) is 2.18. The van der Waals surface area contributed by atoms with Crippen LogP contribution in [0.3, 0.4) is 0 Å². The predicted octanol–water partition coefficient (Wildman–Crippen LogP) is 2.58. The maximum Gasteiger partial charge on any atom is 0.0583 e. The molecule has 2 atom stereocenters. The summed E-state index contributed by atoms with van der Waals surface area (Å²) in [6, 6.07) is 10.9. The van der Waals surface area contributed by atoms with E-state index in [2.05, 4.69) is 34.7 Å². The first kappa shape index (κ1) is 11.1. The molecule has 1 aromatic rings. The number of rotatable bonds is 2. The van der Waals surface area contributed by atoms with Gasteiger partial charge in [-0.3, -0.25) is 0 Å². The fourth-order valence-electron chi connectivity index (χ4n) is 2.26. The van der Waals surface area contributed by atoms with Gasteiger partial charge in [0.1, 0.15) is 0 Å². The van der Waals surface area contributed by atoms with Crippen molar-refractivity contribution < 1.29 is 5.21 Å². The van der Waals surface area contributed by atoms with Gasteiger partial charge in [-0.25, -0.2) is 0 Å². The Hall–Kier alpha value is -1.35. The molecule has 1 saturated heterocycles. The van der Waals surface area contributed by atoms with Crippen molar-refractivity contribution in [1.29, 1.82) is 0 Å². The molecule has 0 aliphatic carbocycles. The first-order valence-electron chi connectivity index (χ1n) is 5.78. The number of hydrogen-bond acceptors (Lipinski definition) is 3. The third-order valence-electron chi connectivity index (χ3n) is 3.36. The summed E-state index contributed by atoms with van der Waals surface area (Å²) in [5, 5.41) is 15.5. The minimum Gasteiger partial charge on any atom is -0.411 e. The van der Waals surface area contributed by atoms with Gasteiger partial charge in [0.2, 0.25) is 0 Å². The molecule has 2 N–H and O–H groups in total. The zero-order valence-electron chi connectivity index (χ0n) is 9.56. The quantitative estimate of drug-likeness (QED) is 0.455. The summed E-state index contributed by atoms with van der Waals surface area (Å²) in [5.41, 5.74) is 2.18. The normalized spacial score (nSPS) is 26.7. The monoisotopic (exact) mass is 218 g/mol. The molecule has 16 heavy (non-hydrogen) atoms. The number of benzene rings is 1. The molecular weight excluding hydrogens is 200 g/mol. The van der Waals surface area contributed by atoms with Crippen LogP contribution < -0.4 is 5.32 Å². The standard InChI is InChI=1S/C13H18N2O/c1-10(15-16)12-7-8-13(14-9-12)11-5-3-2-4-6-11/h2-6,12-14,16H,7-9H2,1H3/b15-10+. The summed E-state index contributed by atoms with van der Waals surface area (Å²) in [5.74, 6) is 0.380. The van der Waals surface area contributed by atoms with Gasteiger partial charge in [0.15, 0.2) is 0 Å². The van der Waals surface area contributed by atoms with Gasteiger partial charge in [-0.1, -0.05) is 35.5 Å². The number of oxime groups is 1. The predicted molar refractivity (Wildman–Crippen MR) is 64.8 cm³/mol. The smallest absolute Gasteiger partial charge is 0.0583 e. The SMILES string of the molecule is C/C(=N\O)C1CCC(c2ccccc2)NC1. The molecule has 0 amide bonds. The van der Waals surface area contributed by atoms with Gasteiger partial charge in [-0.15, -0.1) is 0 Å². The second-order valence-corrected chi connectivity index (χ2v) is 4.39. The largest absolute Gasteiger partial charge is 0.411 e. The van der Waals surface area contributed by atoms with Gasteiger partial charge < -0.3 is 10.5 Å². The molecule has 0 saturated carbocycles. The van der Waals surface area contributed by atoms with Gasteiger partial charge >= 0.3 is 0 Å². The Balaban J connectivity index is 1.96. The maximum absolute atomic E-state index is 8.73. The van der Waals surface area contributed by atoms with Gasteiger partial charge in [-0.2, -0.15) is 0 Å². The lowest BCUT2D eigenvalue weighted by molar-refractivity contribution is 0.305. The van der Waals surface area contributed by atoms with Crippen LogP contribution in [-0.2, 0) is 0 Å². The van der Waals surface area contributed by atoms with Crippen LogP contribution in [0.1, 0.15) is 31.4 Å². The topological polar surface area (TPSA) is 44.6 Å². The van der Waals surface area contributed by atoms with Crippen molar-refractivity contribution >= 4 is 5.71 Å². The highest BCUT2D eigenvalue weighted by Gasteiger charge is 2.23. The molecule has 0 spiro atoms. The molecular formula is C13H18N2O. The zero-order chi connectivity index (χ0) is 11.4. The fourth-order valence-corrected chi connectivity index (χ4v) is 2.26. The first-order valence-corrected chi connectivity index (χ1v) is 5.78. The Kier molecular flexibility index (Phi) is 3.57. The molecule has 86 valence electrons. The van der Waals surface area contributed by atoms with Crippen molar-refractivity contribution in [2.45, 2.75) is 25.8 Å². The molecule has 1 heterocycles. The van der Waals surface area contributed by atoms with E-state index in [1.165, 1.54) is 5.56 Å². The van der Waals surface area contributed by atoms with E-state index in [4.69, 9.17) is 5.21 Å². The van der Waals surface area contributed by atoms with Crippen molar-refractivity contribution in [3.63, 3.8) is 0 Å². The Bertz CT molecular complexity index is 353. The fraction of sp³-hybridized carbons (Fsp3) is 0.462. The van der Waals surface area contributed by atoms with E-state index < -0.39 is 0 Å². The Morgan fingerprint density at radius 1 is 1.31 bits per heavy atom. The molecule has 2 unspecified atom stereocenters. The van der Waals surface area contributed by atoms with Crippen molar-refractivity contribution in [2.75, 3.05) is 6.54 Å². The molecule has 0 radical (unpaired) electrons. The highest BCUT2D eigenvalue weighted by Crippen LogP contribution is 2.26. The van der Waals surface area contributed by atoms with Crippen molar-refractivity contribution in [3.8, 4) is 0 Å². The van der Waals surface area contributed by atoms with Crippen LogP contribution in [-0.4, -0.2) is 17.5 Å². The van der Waals surface area contributed by atoms with Crippen LogP contribution in [0.25, 0.3) is 0 Å². The minimum absolute atomic E-state index is 0.380. The Morgan fingerprint density at radius 3 is 2.62 bits per heavy atom. The van der Waals surface area contributed by atoms with Crippen LogP contribution in [0.5, 0.6) is 0 Å². The van der Waals surface area contributed by atoms with E-state index >= 15 is 0 Å². The van der Waals surface area contributed by atoms with E-state index in [0.717, 1.165) is 25.1 Å². The van der Waals surface area contributed by atoms with E-state index in [-0.39, 0.29) is 0 Å². The van der Waals surface area contributed by atoms with Crippen LogP contribution in [0.2, 0.25) is 0 Å². The van der Waals surface area contributed by atoms with E-state index in [1.54, 1.807) is 0 Å². The lowest BCUT2D eigenvalue weighted by atomic mass is 9.89. The zero-order valence-corrected chi connectivity index (χ0v) is 9.56. The number of nitrogens with one attached hydrogen (secondary N) is 1. The van der Waals surface area contributed by atoms with Gasteiger partial charge in [0, 0.05) is 18.5 Å².